The summed E-state index contributed by atoms with van der Waals surface area (Å²) < 4.78 is 13.5. The Kier molecular flexibility index (Phi) is 3.44. The number of amides is 1. The lowest BCUT2D eigenvalue weighted by atomic mass is 10.1. The molecule has 0 bridgehead atoms. The van der Waals surface area contributed by atoms with Gasteiger partial charge in [-0.1, -0.05) is 0 Å². The SMILES string of the molecule is N#Cc1ccc(NC(=O)c2cc(N)ccc2F)cc1. The van der Waals surface area contributed by atoms with Crippen molar-refractivity contribution in [3.63, 3.8) is 0 Å². The number of nitrogens with zero attached hydrogens (tertiary/aromatic N) is 1. The second-order valence-electron chi connectivity index (χ2n) is 3.88. The Hall–Kier alpha value is -2.87. The molecular weight excluding hydrogens is 245 g/mol. The maximum absolute atomic E-state index is 13.5. The summed E-state index contributed by atoms with van der Waals surface area (Å²) in [6, 6.07) is 12.0. The summed E-state index contributed by atoms with van der Waals surface area (Å²) in [5.74, 6) is -1.23. The van der Waals surface area contributed by atoms with Gasteiger partial charge < -0.3 is 11.1 Å². The number of nitrogen functional groups attached to an aromatic ring is 1. The first-order valence-electron chi connectivity index (χ1n) is 5.46. The number of benzene rings is 2. The molecule has 0 heterocycles. The topological polar surface area (TPSA) is 78.9 Å². The van der Waals surface area contributed by atoms with Gasteiger partial charge in [0.1, 0.15) is 5.82 Å². The average Bonchev–Trinajstić information content (AvgIpc) is 2.42. The number of carbonyl (C=O) groups excluding carboxylic acids is 1. The van der Waals surface area contributed by atoms with E-state index in [0.29, 0.717) is 16.9 Å². The third kappa shape index (κ3) is 2.87. The minimum absolute atomic E-state index is 0.121. The van der Waals surface area contributed by atoms with E-state index < -0.39 is 11.7 Å². The first-order chi connectivity index (χ1) is 9.10. The van der Waals surface area contributed by atoms with Gasteiger partial charge in [-0.05, 0) is 42.5 Å². The molecule has 0 unspecified atom stereocenters. The van der Waals surface area contributed by atoms with E-state index >= 15 is 0 Å². The molecule has 3 N–H and O–H groups in total. The van der Waals surface area contributed by atoms with E-state index in [-0.39, 0.29) is 5.56 Å². The summed E-state index contributed by atoms with van der Waals surface area (Å²) in [5, 5.41) is 11.2. The van der Waals surface area contributed by atoms with Crippen LogP contribution in [0.4, 0.5) is 15.8 Å². The predicted molar refractivity (Wildman–Crippen MR) is 69.9 cm³/mol. The van der Waals surface area contributed by atoms with Crippen LogP contribution in [0.15, 0.2) is 42.5 Å². The molecule has 5 heteroatoms. The van der Waals surface area contributed by atoms with Crippen LogP contribution < -0.4 is 11.1 Å². The highest BCUT2D eigenvalue weighted by Crippen LogP contribution is 2.15. The fourth-order valence-electron chi connectivity index (χ4n) is 1.54. The van der Waals surface area contributed by atoms with E-state index in [2.05, 4.69) is 5.32 Å². The van der Waals surface area contributed by atoms with Crippen molar-refractivity contribution in [2.45, 2.75) is 0 Å². The predicted octanol–water partition coefficient (Wildman–Crippen LogP) is 2.53. The molecule has 0 aliphatic heterocycles. The van der Waals surface area contributed by atoms with E-state index in [1.54, 1.807) is 24.3 Å². The highest BCUT2D eigenvalue weighted by Gasteiger charge is 2.12. The number of hydrogen-bond donors (Lipinski definition) is 2. The second-order valence-corrected chi connectivity index (χ2v) is 3.88. The zero-order chi connectivity index (χ0) is 13.8. The zero-order valence-corrected chi connectivity index (χ0v) is 9.85. The summed E-state index contributed by atoms with van der Waals surface area (Å²) in [4.78, 5) is 11.9. The van der Waals surface area contributed by atoms with E-state index in [0.717, 1.165) is 6.07 Å². The molecule has 0 saturated carbocycles. The lowest BCUT2D eigenvalue weighted by molar-refractivity contribution is 0.102. The molecule has 0 aliphatic carbocycles. The Morgan fingerprint density at radius 1 is 1.21 bits per heavy atom. The number of carbonyl (C=O) groups is 1. The van der Waals surface area contributed by atoms with Crippen molar-refractivity contribution in [3.8, 4) is 6.07 Å². The summed E-state index contributed by atoms with van der Waals surface area (Å²) in [6.07, 6.45) is 0. The van der Waals surface area contributed by atoms with E-state index in [1.165, 1.54) is 12.1 Å². The molecule has 0 aromatic heterocycles. The molecule has 2 aromatic carbocycles. The monoisotopic (exact) mass is 255 g/mol. The van der Waals surface area contributed by atoms with Gasteiger partial charge in [0.25, 0.3) is 5.91 Å². The maximum atomic E-state index is 13.5. The van der Waals surface area contributed by atoms with Gasteiger partial charge in [-0.25, -0.2) is 4.39 Å². The molecule has 0 spiro atoms. The molecule has 0 atom stereocenters. The smallest absolute Gasteiger partial charge is 0.258 e. The van der Waals surface area contributed by atoms with Crippen LogP contribution in [0.3, 0.4) is 0 Å². The van der Waals surface area contributed by atoms with Crippen LogP contribution in [0.5, 0.6) is 0 Å². The van der Waals surface area contributed by atoms with E-state index in [1.807, 2.05) is 6.07 Å². The molecule has 4 nitrogen and oxygen atoms in total. The largest absolute Gasteiger partial charge is 0.399 e. The average molecular weight is 255 g/mol. The first-order valence-corrected chi connectivity index (χ1v) is 5.46. The Morgan fingerprint density at radius 3 is 2.53 bits per heavy atom. The second kappa shape index (κ2) is 5.19. The van der Waals surface area contributed by atoms with Gasteiger partial charge in [0.2, 0.25) is 0 Å². The van der Waals surface area contributed by atoms with Gasteiger partial charge >= 0.3 is 0 Å². The van der Waals surface area contributed by atoms with Crippen LogP contribution in [0, 0.1) is 17.1 Å². The third-order valence-electron chi connectivity index (χ3n) is 2.51. The highest BCUT2D eigenvalue weighted by atomic mass is 19.1. The molecule has 19 heavy (non-hydrogen) atoms. The normalized spacial score (nSPS) is 9.68. The van der Waals surface area contributed by atoms with Crippen LogP contribution in [-0.4, -0.2) is 5.91 Å². The summed E-state index contributed by atoms with van der Waals surface area (Å²) in [5.41, 5.74) is 6.66. The molecular formula is C14H10FN3O. The Balaban J connectivity index is 2.21. The quantitative estimate of drug-likeness (QED) is 0.809. The molecule has 2 aromatic rings. The van der Waals surface area contributed by atoms with Gasteiger partial charge in [-0.2, -0.15) is 5.26 Å². The summed E-state index contributed by atoms with van der Waals surface area (Å²) in [7, 11) is 0. The standard InChI is InChI=1S/C14H10FN3O/c15-13-6-3-10(17)7-12(13)14(19)18-11-4-1-9(8-16)2-5-11/h1-7H,17H2,(H,18,19). The number of rotatable bonds is 2. The first kappa shape index (κ1) is 12.6. The number of nitrogens with one attached hydrogen (secondary N) is 1. The van der Waals surface area contributed by atoms with Crippen molar-refractivity contribution >= 4 is 17.3 Å². The number of hydrogen-bond acceptors (Lipinski definition) is 3. The van der Waals surface area contributed by atoms with Gasteiger partial charge in [0.05, 0.1) is 17.2 Å². The Bertz CT molecular complexity index is 659. The van der Waals surface area contributed by atoms with Crippen LogP contribution in [0.25, 0.3) is 0 Å². The Labute approximate surface area is 109 Å². The van der Waals surface area contributed by atoms with Crippen LogP contribution in [0.2, 0.25) is 0 Å². The number of anilines is 2. The van der Waals surface area contributed by atoms with Crippen molar-refractivity contribution in [1.82, 2.24) is 0 Å². The fourth-order valence-corrected chi connectivity index (χ4v) is 1.54. The van der Waals surface area contributed by atoms with Crippen molar-refractivity contribution in [2.75, 3.05) is 11.1 Å². The van der Waals surface area contributed by atoms with Crippen LogP contribution in [-0.2, 0) is 0 Å². The third-order valence-corrected chi connectivity index (χ3v) is 2.51. The minimum atomic E-state index is -0.639. The Morgan fingerprint density at radius 2 is 1.89 bits per heavy atom. The van der Waals surface area contributed by atoms with Crippen molar-refractivity contribution in [1.29, 1.82) is 5.26 Å². The maximum Gasteiger partial charge on any atom is 0.258 e. The molecule has 0 saturated heterocycles. The number of nitrogens with two attached hydrogens (primary N) is 1. The van der Waals surface area contributed by atoms with Gasteiger partial charge in [-0.3, -0.25) is 4.79 Å². The number of nitriles is 1. The summed E-state index contributed by atoms with van der Waals surface area (Å²) in [6.45, 7) is 0. The zero-order valence-electron chi connectivity index (χ0n) is 9.85. The highest BCUT2D eigenvalue weighted by molar-refractivity contribution is 6.04. The number of halogens is 1. The van der Waals surface area contributed by atoms with Crippen molar-refractivity contribution < 1.29 is 9.18 Å². The van der Waals surface area contributed by atoms with Crippen molar-refractivity contribution in [3.05, 3.63) is 59.4 Å². The molecule has 0 radical (unpaired) electrons. The lowest BCUT2D eigenvalue weighted by Crippen LogP contribution is -2.14. The van der Waals surface area contributed by atoms with Gasteiger partial charge in [0, 0.05) is 11.4 Å². The lowest BCUT2D eigenvalue weighted by Gasteiger charge is -2.06. The molecule has 1 amide bonds. The van der Waals surface area contributed by atoms with E-state index in [4.69, 9.17) is 11.0 Å². The fraction of sp³-hybridized carbons (Fsp3) is 0. The molecule has 0 fully saturated rings. The molecule has 94 valence electrons. The summed E-state index contributed by atoms with van der Waals surface area (Å²) >= 11 is 0. The van der Waals surface area contributed by atoms with Crippen molar-refractivity contribution in [2.24, 2.45) is 0 Å². The molecule has 2 rings (SSSR count). The van der Waals surface area contributed by atoms with Crippen LogP contribution >= 0.6 is 0 Å². The minimum Gasteiger partial charge on any atom is -0.399 e. The van der Waals surface area contributed by atoms with Crippen LogP contribution in [0.1, 0.15) is 15.9 Å². The van der Waals surface area contributed by atoms with Gasteiger partial charge in [-0.15, -0.1) is 0 Å². The molecule has 0 aliphatic rings. The van der Waals surface area contributed by atoms with Gasteiger partial charge in [0.15, 0.2) is 0 Å². The van der Waals surface area contributed by atoms with E-state index in [9.17, 15) is 9.18 Å².